The number of alkyl halides is 1. The minimum atomic E-state index is 0.569. The van der Waals surface area contributed by atoms with Crippen molar-refractivity contribution in [1.82, 2.24) is 9.55 Å². The van der Waals surface area contributed by atoms with Crippen molar-refractivity contribution in [3.8, 4) is 0 Å². The highest BCUT2D eigenvalue weighted by molar-refractivity contribution is 6.17. The minimum Gasteiger partial charge on any atom is -0.379 e. The van der Waals surface area contributed by atoms with Gasteiger partial charge in [-0.25, -0.2) is 4.98 Å². The fourth-order valence-corrected chi connectivity index (χ4v) is 2.45. The summed E-state index contributed by atoms with van der Waals surface area (Å²) in [5.74, 6) is 2.21. The Labute approximate surface area is 125 Å². The lowest BCUT2D eigenvalue weighted by molar-refractivity contribution is 0.103. The molecule has 0 aliphatic carbocycles. The molecule has 2 rings (SSSR count). The third kappa shape index (κ3) is 3.74. The zero-order valence-electron chi connectivity index (χ0n) is 12.5. The van der Waals surface area contributed by atoms with E-state index < -0.39 is 0 Å². The Morgan fingerprint density at radius 3 is 2.85 bits per heavy atom. The van der Waals surface area contributed by atoms with Gasteiger partial charge in [0.05, 0.1) is 17.6 Å². The molecular weight excluding hydrogens is 272 g/mol. The maximum Gasteiger partial charge on any atom is 0.111 e. The van der Waals surface area contributed by atoms with Crippen LogP contribution in [0.5, 0.6) is 0 Å². The zero-order chi connectivity index (χ0) is 14.5. The van der Waals surface area contributed by atoms with Crippen molar-refractivity contribution in [2.75, 3.05) is 19.1 Å². The lowest BCUT2D eigenvalue weighted by Crippen LogP contribution is -2.12. The molecule has 110 valence electrons. The molecule has 0 unspecified atom stereocenters. The second-order valence-electron chi connectivity index (χ2n) is 5.58. The van der Waals surface area contributed by atoms with Crippen molar-refractivity contribution in [2.24, 2.45) is 5.92 Å². The Hall–Kier alpha value is -1.06. The van der Waals surface area contributed by atoms with Crippen LogP contribution in [0.1, 0.15) is 25.2 Å². The molecule has 0 amide bonds. The number of ether oxygens (including phenoxy) is 1. The summed E-state index contributed by atoms with van der Waals surface area (Å²) in [6.07, 6.45) is 0.791. The summed E-state index contributed by atoms with van der Waals surface area (Å²) in [6, 6.07) is 6.36. The largest absolute Gasteiger partial charge is 0.379 e. The molecule has 1 aromatic carbocycles. The van der Waals surface area contributed by atoms with Gasteiger partial charge in [0.25, 0.3) is 0 Å². The second-order valence-corrected chi connectivity index (χ2v) is 5.96. The summed E-state index contributed by atoms with van der Waals surface area (Å²) >= 11 is 5.89. The maximum absolute atomic E-state index is 5.89. The van der Waals surface area contributed by atoms with Gasteiger partial charge in [0.15, 0.2) is 0 Å². The first-order valence-electron chi connectivity index (χ1n) is 7.21. The molecule has 0 atom stereocenters. The highest BCUT2D eigenvalue weighted by Gasteiger charge is 2.10. The number of halogens is 1. The Bertz CT molecular complexity index is 563. The predicted octanol–water partition coefficient (Wildman–Crippen LogP) is 3.80. The SMILES string of the molecule is Cc1ccc2nc(CCCl)n(CCOCC(C)C)c2c1. The number of nitrogens with zero attached hydrogens (tertiary/aromatic N) is 2. The number of fused-ring (bicyclic) bond motifs is 1. The van der Waals surface area contributed by atoms with Crippen LogP contribution in [-0.2, 0) is 17.7 Å². The molecule has 0 aliphatic heterocycles. The fraction of sp³-hybridized carbons (Fsp3) is 0.562. The highest BCUT2D eigenvalue weighted by Crippen LogP contribution is 2.18. The number of hydrogen-bond donors (Lipinski definition) is 0. The van der Waals surface area contributed by atoms with E-state index in [0.29, 0.717) is 18.4 Å². The van der Waals surface area contributed by atoms with Gasteiger partial charge in [0.2, 0.25) is 0 Å². The van der Waals surface area contributed by atoms with Crippen LogP contribution in [0.15, 0.2) is 18.2 Å². The molecule has 2 aromatic rings. The molecule has 0 spiro atoms. The van der Waals surface area contributed by atoms with E-state index in [1.165, 1.54) is 11.1 Å². The number of aromatic nitrogens is 2. The third-order valence-corrected chi connectivity index (χ3v) is 3.40. The second kappa shape index (κ2) is 7.09. The third-order valence-electron chi connectivity index (χ3n) is 3.21. The molecule has 0 bridgehead atoms. The van der Waals surface area contributed by atoms with Gasteiger partial charge in [-0.2, -0.15) is 0 Å². The quantitative estimate of drug-likeness (QED) is 0.574. The number of aryl methyl sites for hydroxylation is 2. The van der Waals surface area contributed by atoms with Gasteiger partial charge in [-0.3, -0.25) is 0 Å². The Morgan fingerprint density at radius 2 is 2.15 bits per heavy atom. The van der Waals surface area contributed by atoms with E-state index in [0.717, 1.165) is 30.9 Å². The predicted molar refractivity (Wildman–Crippen MR) is 84.6 cm³/mol. The average molecular weight is 295 g/mol. The standard InChI is InChI=1S/C16H23ClN2O/c1-12(2)11-20-9-8-19-15-10-13(3)4-5-14(15)18-16(19)6-7-17/h4-5,10,12H,6-9,11H2,1-3H3. The van der Waals surface area contributed by atoms with Crippen molar-refractivity contribution in [3.63, 3.8) is 0 Å². The Morgan fingerprint density at radius 1 is 1.35 bits per heavy atom. The molecule has 0 radical (unpaired) electrons. The first-order valence-corrected chi connectivity index (χ1v) is 7.74. The maximum atomic E-state index is 5.89. The van der Waals surface area contributed by atoms with Crippen molar-refractivity contribution in [2.45, 2.75) is 33.7 Å². The molecule has 0 saturated heterocycles. The number of rotatable bonds is 7. The number of imidazole rings is 1. The summed E-state index contributed by atoms with van der Waals surface area (Å²) < 4.78 is 7.94. The van der Waals surface area contributed by atoms with E-state index in [-0.39, 0.29) is 0 Å². The molecule has 1 aromatic heterocycles. The van der Waals surface area contributed by atoms with Crippen LogP contribution in [0.2, 0.25) is 0 Å². The Kier molecular flexibility index (Phi) is 5.44. The van der Waals surface area contributed by atoms with Gasteiger partial charge in [0, 0.05) is 25.5 Å². The molecule has 0 fully saturated rings. The van der Waals surface area contributed by atoms with Crippen LogP contribution in [0, 0.1) is 12.8 Å². The summed E-state index contributed by atoms with van der Waals surface area (Å²) in [5, 5.41) is 0. The smallest absolute Gasteiger partial charge is 0.111 e. The van der Waals surface area contributed by atoms with E-state index in [4.69, 9.17) is 16.3 Å². The molecule has 0 saturated carbocycles. The van der Waals surface area contributed by atoms with Gasteiger partial charge in [-0.1, -0.05) is 19.9 Å². The van der Waals surface area contributed by atoms with Gasteiger partial charge < -0.3 is 9.30 Å². The van der Waals surface area contributed by atoms with Crippen LogP contribution < -0.4 is 0 Å². The molecule has 4 heteroatoms. The van der Waals surface area contributed by atoms with Crippen LogP contribution in [0.4, 0.5) is 0 Å². The molecule has 0 aliphatic rings. The average Bonchev–Trinajstić information content (AvgIpc) is 2.72. The lowest BCUT2D eigenvalue weighted by atomic mass is 10.2. The van der Waals surface area contributed by atoms with E-state index in [9.17, 15) is 0 Å². The number of benzene rings is 1. The van der Waals surface area contributed by atoms with Crippen molar-refractivity contribution in [3.05, 3.63) is 29.6 Å². The monoisotopic (exact) mass is 294 g/mol. The van der Waals surface area contributed by atoms with Gasteiger partial charge in [-0.05, 0) is 30.5 Å². The van der Waals surface area contributed by atoms with Crippen molar-refractivity contribution >= 4 is 22.6 Å². The summed E-state index contributed by atoms with van der Waals surface area (Å²) in [6.45, 7) is 8.78. The topological polar surface area (TPSA) is 27.1 Å². The van der Waals surface area contributed by atoms with Crippen LogP contribution in [0.25, 0.3) is 11.0 Å². The molecule has 0 N–H and O–H groups in total. The number of hydrogen-bond acceptors (Lipinski definition) is 2. The van der Waals surface area contributed by atoms with Gasteiger partial charge >= 0.3 is 0 Å². The first kappa shape index (κ1) is 15.3. The van der Waals surface area contributed by atoms with Crippen LogP contribution in [-0.4, -0.2) is 28.6 Å². The molecule has 3 nitrogen and oxygen atoms in total. The zero-order valence-corrected chi connectivity index (χ0v) is 13.3. The lowest BCUT2D eigenvalue weighted by Gasteiger charge is -2.10. The minimum absolute atomic E-state index is 0.569. The van der Waals surface area contributed by atoms with E-state index >= 15 is 0 Å². The molecular formula is C16H23ClN2O. The normalized spacial score (nSPS) is 11.7. The van der Waals surface area contributed by atoms with Gasteiger partial charge in [0.1, 0.15) is 5.82 Å². The fourth-order valence-electron chi connectivity index (χ4n) is 2.28. The summed E-state index contributed by atoms with van der Waals surface area (Å²) in [4.78, 5) is 4.68. The highest BCUT2D eigenvalue weighted by atomic mass is 35.5. The van der Waals surface area contributed by atoms with Crippen LogP contribution in [0.3, 0.4) is 0 Å². The van der Waals surface area contributed by atoms with Gasteiger partial charge in [-0.15, -0.1) is 11.6 Å². The molecule has 1 heterocycles. The van der Waals surface area contributed by atoms with Crippen molar-refractivity contribution in [1.29, 1.82) is 0 Å². The van der Waals surface area contributed by atoms with Crippen molar-refractivity contribution < 1.29 is 4.74 Å². The van der Waals surface area contributed by atoms with Crippen LogP contribution >= 0.6 is 11.6 Å². The Balaban J connectivity index is 2.19. The van der Waals surface area contributed by atoms with E-state index in [1.54, 1.807) is 0 Å². The van der Waals surface area contributed by atoms with E-state index in [2.05, 4.69) is 48.5 Å². The van der Waals surface area contributed by atoms with E-state index in [1.807, 2.05) is 0 Å². The summed E-state index contributed by atoms with van der Waals surface area (Å²) in [7, 11) is 0. The molecule has 20 heavy (non-hydrogen) atoms. The first-order chi connectivity index (χ1) is 9.61. The summed E-state index contributed by atoms with van der Waals surface area (Å²) in [5.41, 5.74) is 3.47.